The number of para-hydroxylation sites is 2. The number of carbonyl (C=O) groups is 1. The molecule has 0 spiro atoms. The lowest BCUT2D eigenvalue weighted by atomic mass is 9.98. The van der Waals surface area contributed by atoms with Crippen molar-refractivity contribution < 1.29 is 22.5 Å². The van der Waals surface area contributed by atoms with Gasteiger partial charge >= 0.3 is 5.97 Å². The molecule has 1 atom stereocenters. The molecule has 0 radical (unpaired) electrons. The van der Waals surface area contributed by atoms with Gasteiger partial charge in [-0.1, -0.05) is 60.7 Å². The van der Waals surface area contributed by atoms with Crippen LogP contribution in [0, 0.1) is 0 Å². The second-order valence-electron chi connectivity index (χ2n) is 10.7. The van der Waals surface area contributed by atoms with Crippen LogP contribution in [0.5, 0.6) is 0 Å². The van der Waals surface area contributed by atoms with Gasteiger partial charge in [-0.05, 0) is 47.5 Å². The molecule has 10 heteroatoms. The molecule has 2 aliphatic rings. The molecule has 1 unspecified atom stereocenters. The molecule has 2 aliphatic heterocycles. The zero-order chi connectivity index (χ0) is 29.7. The third kappa shape index (κ3) is 4.68. The van der Waals surface area contributed by atoms with E-state index in [1.807, 2.05) is 72.8 Å². The third-order valence-corrected chi connectivity index (χ3v) is 9.11. The summed E-state index contributed by atoms with van der Waals surface area (Å²) < 4.78 is 43.6. The van der Waals surface area contributed by atoms with Crippen molar-refractivity contribution in [3.63, 3.8) is 0 Å². The molecule has 0 bridgehead atoms. The van der Waals surface area contributed by atoms with Gasteiger partial charge in [0, 0.05) is 30.6 Å². The Kier molecular flexibility index (Phi) is 6.76. The van der Waals surface area contributed by atoms with Gasteiger partial charge < -0.3 is 19.5 Å². The second-order valence-corrected chi connectivity index (χ2v) is 12.1. The highest BCUT2D eigenvalue weighted by molar-refractivity contribution is 7.86. The Labute approximate surface area is 249 Å². The van der Waals surface area contributed by atoms with Gasteiger partial charge in [0.2, 0.25) is 0 Å². The number of anilines is 1. The zero-order valence-electron chi connectivity index (χ0n) is 23.5. The quantitative estimate of drug-likeness (QED) is 0.215. The average Bonchev–Trinajstić information content (AvgIpc) is 3.29. The summed E-state index contributed by atoms with van der Waals surface area (Å²) in [5.74, 6) is -0.282. The normalized spacial score (nSPS) is 16.8. The first-order valence-electron chi connectivity index (χ1n) is 14.3. The lowest BCUT2D eigenvalue weighted by Crippen LogP contribution is -2.55. The van der Waals surface area contributed by atoms with Crippen LogP contribution in [0.15, 0.2) is 94.8 Å². The van der Waals surface area contributed by atoms with Gasteiger partial charge in [-0.2, -0.15) is 8.42 Å². The van der Waals surface area contributed by atoms with Gasteiger partial charge in [0.1, 0.15) is 10.9 Å². The number of ether oxygens (including phenoxy) is 1. The number of hydrogen-bond acceptors (Lipinski definition) is 7. The smallest absolute Gasteiger partial charge is 0.330 e. The van der Waals surface area contributed by atoms with Crippen LogP contribution >= 0.6 is 0 Å². The Hall–Kier alpha value is -4.51. The first-order valence-corrected chi connectivity index (χ1v) is 15.7. The standard InChI is InChI=1S/C33H30N4O5S/c1-2-42-33(38)28-19-34-16-17-36(28)26-13-7-10-22-18-27-31(35-25-12-6-4-9-23(25)20-37(27)32(22)26)30-24-11-5-3-8-21(24)14-15-29(30)43(39,40)41/h3-15,18,28,34H,2,16-17,19-20H2,1H3,(H,39,40,41). The van der Waals surface area contributed by atoms with Gasteiger partial charge in [-0.15, -0.1) is 0 Å². The van der Waals surface area contributed by atoms with Crippen molar-refractivity contribution in [2.75, 3.05) is 31.1 Å². The number of nitrogens with zero attached hydrogens (tertiary/aromatic N) is 3. The monoisotopic (exact) mass is 594 g/mol. The first kappa shape index (κ1) is 27.3. The highest BCUT2D eigenvalue weighted by Crippen LogP contribution is 2.39. The number of esters is 1. The van der Waals surface area contributed by atoms with Crippen LogP contribution < -0.4 is 10.2 Å². The molecular formula is C33H30N4O5S. The van der Waals surface area contributed by atoms with E-state index < -0.39 is 16.2 Å². The molecule has 2 N–H and O–H groups in total. The van der Waals surface area contributed by atoms with Crippen molar-refractivity contribution in [2.24, 2.45) is 4.99 Å². The summed E-state index contributed by atoms with van der Waals surface area (Å²) in [5.41, 5.74) is 4.97. The largest absolute Gasteiger partial charge is 0.464 e. The van der Waals surface area contributed by atoms with Crippen LogP contribution in [0.4, 0.5) is 11.4 Å². The van der Waals surface area contributed by atoms with Crippen molar-refractivity contribution in [3.05, 3.63) is 102 Å². The molecule has 0 amide bonds. The summed E-state index contributed by atoms with van der Waals surface area (Å²) in [6.07, 6.45) is 0. The van der Waals surface area contributed by atoms with Crippen molar-refractivity contribution in [2.45, 2.75) is 24.4 Å². The van der Waals surface area contributed by atoms with Crippen LogP contribution in [0.2, 0.25) is 0 Å². The molecule has 9 nitrogen and oxygen atoms in total. The summed E-state index contributed by atoms with van der Waals surface area (Å²) in [5, 5.41) is 5.73. The third-order valence-electron chi connectivity index (χ3n) is 8.21. The van der Waals surface area contributed by atoms with Crippen molar-refractivity contribution in [1.82, 2.24) is 9.88 Å². The number of nitrogens with one attached hydrogen (secondary N) is 1. The maximum atomic E-state index is 13.0. The Bertz CT molecular complexity index is 2050. The van der Waals surface area contributed by atoms with Gasteiger partial charge in [0.15, 0.2) is 0 Å². The Morgan fingerprint density at radius 2 is 1.81 bits per heavy atom. The summed E-state index contributed by atoms with van der Waals surface area (Å²) in [6, 6.07) is 25.9. The predicted octanol–water partition coefficient (Wildman–Crippen LogP) is 4.91. The molecule has 1 saturated heterocycles. The van der Waals surface area contributed by atoms with Crippen LogP contribution in [0.1, 0.15) is 23.7 Å². The second kappa shape index (κ2) is 10.6. The fraction of sp³-hybridized carbons (Fsp3) is 0.212. The van der Waals surface area contributed by atoms with Gasteiger partial charge in [-0.3, -0.25) is 4.55 Å². The summed E-state index contributed by atoms with van der Waals surface area (Å²) in [7, 11) is -4.60. The van der Waals surface area contributed by atoms with Crippen molar-refractivity contribution in [1.29, 1.82) is 0 Å². The number of fused-ring (bicyclic) bond motifs is 5. The number of aromatic nitrogens is 1. The predicted molar refractivity (Wildman–Crippen MR) is 167 cm³/mol. The fourth-order valence-corrected chi connectivity index (χ4v) is 7.04. The maximum absolute atomic E-state index is 13.0. The number of hydrogen-bond donors (Lipinski definition) is 2. The molecule has 1 aromatic heterocycles. The maximum Gasteiger partial charge on any atom is 0.330 e. The topological polar surface area (TPSA) is 113 Å². The summed E-state index contributed by atoms with van der Waals surface area (Å²) >= 11 is 0. The molecule has 1 fully saturated rings. The van der Waals surface area contributed by atoms with Crippen molar-refractivity contribution >= 4 is 54.8 Å². The number of piperazine rings is 1. The van der Waals surface area contributed by atoms with Gasteiger partial charge in [0.25, 0.3) is 10.1 Å². The Morgan fingerprint density at radius 3 is 2.65 bits per heavy atom. The molecule has 7 rings (SSSR count). The van der Waals surface area contributed by atoms with Crippen LogP contribution in [0.25, 0.3) is 21.7 Å². The van der Waals surface area contributed by atoms with Crippen LogP contribution in [0.3, 0.4) is 0 Å². The van der Waals surface area contributed by atoms with Gasteiger partial charge in [-0.25, -0.2) is 9.79 Å². The number of rotatable bonds is 5. The highest BCUT2D eigenvalue weighted by Gasteiger charge is 2.33. The summed E-state index contributed by atoms with van der Waals surface area (Å²) in [6.45, 7) is 4.36. The van der Waals surface area contributed by atoms with Gasteiger partial charge in [0.05, 0.1) is 41.4 Å². The van der Waals surface area contributed by atoms with E-state index in [1.165, 1.54) is 6.07 Å². The molecule has 218 valence electrons. The molecule has 4 aromatic carbocycles. The van der Waals surface area contributed by atoms with E-state index in [-0.39, 0.29) is 10.9 Å². The van der Waals surface area contributed by atoms with E-state index in [4.69, 9.17) is 9.73 Å². The molecule has 43 heavy (non-hydrogen) atoms. The van der Waals surface area contributed by atoms with Crippen LogP contribution in [-0.2, 0) is 26.2 Å². The van der Waals surface area contributed by atoms with E-state index >= 15 is 0 Å². The lowest BCUT2D eigenvalue weighted by Gasteiger charge is -2.37. The Morgan fingerprint density at radius 1 is 1.02 bits per heavy atom. The highest BCUT2D eigenvalue weighted by atomic mass is 32.2. The number of aliphatic imine (C=N–C) groups is 1. The minimum absolute atomic E-state index is 0.203. The molecule has 0 saturated carbocycles. The SMILES string of the molecule is CCOC(=O)C1CNCCN1c1cccc2cc3n(c12)Cc1ccccc1N=C3c1c(S(=O)(=O)O)ccc2ccccc12. The average molecular weight is 595 g/mol. The van der Waals surface area contributed by atoms with E-state index in [9.17, 15) is 17.8 Å². The van der Waals surface area contributed by atoms with Crippen LogP contribution in [-0.4, -0.2) is 61.5 Å². The lowest BCUT2D eigenvalue weighted by molar-refractivity contribution is -0.144. The first-order chi connectivity index (χ1) is 20.8. The van der Waals surface area contributed by atoms with E-state index in [2.05, 4.69) is 14.8 Å². The number of benzene rings is 4. The van der Waals surface area contributed by atoms with E-state index in [1.54, 1.807) is 13.0 Å². The number of carbonyl (C=O) groups excluding carboxylic acids is 1. The minimum Gasteiger partial charge on any atom is -0.464 e. The van der Waals surface area contributed by atoms with Crippen molar-refractivity contribution in [3.8, 4) is 0 Å². The van der Waals surface area contributed by atoms with E-state index in [0.29, 0.717) is 60.8 Å². The summed E-state index contributed by atoms with van der Waals surface area (Å²) in [4.78, 5) is 20.0. The zero-order valence-corrected chi connectivity index (χ0v) is 24.3. The molecule has 5 aromatic rings. The molecular weight excluding hydrogens is 564 g/mol. The minimum atomic E-state index is -4.60. The molecule has 3 heterocycles. The molecule has 0 aliphatic carbocycles. The Balaban J connectivity index is 1.54. The van der Waals surface area contributed by atoms with E-state index in [0.717, 1.165) is 27.5 Å². The fourth-order valence-electron chi connectivity index (χ4n) is 6.34.